The van der Waals surface area contributed by atoms with Gasteiger partial charge in [-0.2, -0.15) is 0 Å². The van der Waals surface area contributed by atoms with Crippen LogP contribution in [0.2, 0.25) is 0 Å². The van der Waals surface area contributed by atoms with Crippen molar-refractivity contribution in [2.75, 3.05) is 43.3 Å². The molecule has 1 atom stereocenters. The van der Waals surface area contributed by atoms with Crippen molar-refractivity contribution in [2.24, 2.45) is 14.1 Å². The van der Waals surface area contributed by atoms with Crippen LogP contribution in [0.1, 0.15) is 55.3 Å². The minimum Gasteiger partial charge on any atom is -0.493 e. The van der Waals surface area contributed by atoms with Crippen molar-refractivity contribution < 1.29 is 33.4 Å². The number of anilines is 3. The summed E-state index contributed by atoms with van der Waals surface area (Å²) in [6.45, 7) is 1.43. The van der Waals surface area contributed by atoms with Gasteiger partial charge in [0.25, 0.3) is 11.8 Å². The normalized spacial score (nSPS) is 14.5. The highest BCUT2D eigenvalue weighted by molar-refractivity contribution is 6.05. The van der Waals surface area contributed by atoms with Crippen molar-refractivity contribution in [1.29, 1.82) is 0 Å². The molecule has 4 heterocycles. The van der Waals surface area contributed by atoms with Gasteiger partial charge < -0.3 is 44.2 Å². The number of nitrogens with zero attached hydrogens (tertiary/aromatic N) is 3. The summed E-state index contributed by atoms with van der Waals surface area (Å²) in [7, 11) is 6.39. The molecule has 0 fully saturated rings. The molecular formula is C41H42N6O7. The first-order chi connectivity index (χ1) is 26.1. The Morgan fingerprint density at radius 1 is 0.833 bits per heavy atom. The van der Waals surface area contributed by atoms with Gasteiger partial charge in [0.15, 0.2) is 11.5 Å². The number of aryl methyl sites for hydroxylation is 2. The fourth-order valence-corrected chi connectivity index (χ4v) is 7.01. The molecule has 278 valence electrons. The van der Waals surface area contributed by atoms with Crippen molar-refractivity contribution in [3.63, 3.8) is 0 Å². The molecule has 0 saturated heterocycles. The van der Waals surface area contributed by atoms with Crippen LogP contribution in [0.4, 0.5) is 17.1 Å². The zero-order valence-electron chi connectivity index (χ0n) is 30.6. The van der Waals surface area contributed by atoms with E-state index in [0.717, 1.165) is 17.5 Å². The van der Waals surface area contributed by atoms with E-state index in [9.17, 15) is 19.2 Å². The van der Waals surface area contributed by atoms with E-state index < -0.39 is 5.97 Å². The number of benzene rings is 3. The lowest BCUT2D eigenvalue weighted by atomic mass is 9.94. The lowest BCUT2D eigenvalue weighted by Crippen LogP contribution is -2.45. The summed E-state index contributed by atoms with van der Waals surface area (Å²) in [6, 6.07) is 22.5. The first-order valence-corrected chi connectivity index (χ1v) is 17.7. The van der Waals surface area contributed by atoms with E-state index in [-0.39, 0.29) is 36.8 Å². The summed E-state index contributed by atoms with van der Waals surface area (Å²) in [5.41, 5.74) is 7.28. The number of amides is 3. The van der Waals surface area contributed by atoms with Crippen LogP contribution in [0.15, 0.2) is 85.2 Å². The summed E-state index contributed by atoms with van der Waals surface area (Å²) in [4.78, 5) is 53.6. The highest BCUT2D eigenvalue weighted by Crippen LogP contribution is 2.37. The minimum atomic E-state index is -0.418. The van der Waals surface area contributed by atoms with Gasteiger partial charge in [0.1, 0.15) is 11.4 Å². The average Bonchev–Trinajstić information content (AvgIpc) is 3.72. The quantitative estimate of drug-likeness (QED) is 0.113. The van der Waals surface area contributed by atoms with E-state index in [1.807, 2.05) is 35.4 Å². The molecule has 2 aliphatic rings. The van der Waals surface area contributed by atoms with Crippen molar-refractivity contribution in [1.82, 2.24) is 14.0 Å². The van der Waals surface area contributed by atoms with Crippen LogP contribution >= 0.6 is 0 Å². The molecule has 3 aromatic carbocycles. The number of aromatic nitrogens is 2. The maximum atomic E-state index is 13.7. The van der Waals surface area contributed by atoms with Crippen LogP contribution in [0.3, 0.4) is 0 Å². The Kier molecular flexibility index (Phi) is 10.1. The van der Waals surface area contributed by atoms with Gasteiger partial charge in [-0.1, -0.05) is 36.4 Å². The van der Waals surface area contributed by atoms with Gasteiger partial charge in [-0.25, -0.2) is 4.79 Å². The smallest absolute Gasteiger partial charge is 0.354 e. The molecule has 0 unspecified atom stereocenters. The summed E-state index contributed by atoms with van der Waals surface area (Å²) in [5, 5.41) is 9.21. The second kappa shape index (κ2) is 15.2. The zero-order valence-corrected chi connectivity index (χ0v) is 30.6. The highest BCUT2D eigenvalue weighted by atomic mass is 16.5. The van der Waals surface area contributed by atoms with Gasteiger partial charge in [-0.05, 0) is 59.9 Å². The third kappa shape index (κ3) is 7.38. The van der Waals surface area contributed by atoms with Crippen LogP contribution in [-0.2, 0) is 36.6 Å². The number of methoxy groups -OCH3 is 2. The molecule has 7 rings (SSSR count). The molecule has 13 nitrogen and oxygen atoms in total. The first-order valence-electron chi connectivity index (χ1n) is 17.7. The van der Waals surface area contributed by atoms with Gasteiger partial charge in [0, 0.05) is 63.3 Å². The molecule has 0 radical (unpaired) electrons. The molecule has 13 heteroatoms. The van der Waals surface area contributed by atoms with Crippen molar-refractivity contribution in [3.05, 3.63) is 113 Å². The summed E-state index contributed by atoms with van der Waals surface area (Å²) in [6.07, 6.45) is 4.92. The standard InChI is InChI=1S/C41H42N6O7/c1-45-22-28(17-35(45)41(51)53-4)25-11-13-29(14-12-25)44-39(49)34-18-30(24-46(34)2)43-38(48)10-7-15-54-37-20-33-32(19-36(37)52-3)40(50)47-23-27-9-6-5-8-26(27)16-31(47)21-42-33/h5-6,8-9,11-14,17-20,22,24,31,42H,7,10,15-16,21,23H2,1-4H3,(H,43,48)(H,44,49)/t31-/m0/s1. The van der Waals surface area contributed by atoms with Crippen LogP contribution in [0.25, 0.3) is 11.1 Å². The van der Waals surface area contributed by atoms with E-state index in [2.05, 4.69) is 28.1 Å². The number of nitrogens with one attached hydrogen (secondary N) is 3. The van der Waals surface area contributed by atoms with Crippen molar-refractivity contribution in [3.8, 4) is 22.6 Å². The second-order valence-electron chi connectivity index (χ2n) is 13.5. The summed E-state index contributed by atoms with van der Waals surface area (Å²) < 4.78 is 19.8. The summed E-state index contributed by atoms with van der Waals surface area (Å²) >= 11 is 0. The van der Waals surface area contributed by atoms with E-state index in [0.29, 0.717) is 65.0 Å². The lowest BCUT2D eigenvalue weighted by Gasteiger charge is -2.35. The lowest BCUT2D eigenvalue weighted by molar-refractivity contribution is -0.116. The molecule has 2 aromatic heterocycles. The van der Waals surface area contributed by atoms with Gasteiger partial charge in [0.05, 0.1) is 43.8 Å². The molecule has 0 spiro atoms. The minimum absolute atomic E-state index is 0.0351. The maximum absolute atomic E-state index is 13.7. The molecule has 0 aliphatic carbocycles. The Balaban J connectivity index is 0.908. The number of carbonyl (C=O) groups is 4. The van der Waals surface area contributed by atoms with E-state index in [4.69, 9.17) is 14.2 Å². The molecule has 3 amide bonds. The highest BCUT2D eigenvalue weighted by Gasteiger charge is 2.34. The molecule has 0 bridgehead atoms. The van der Waals surface area contributed by atoms with Crippen LogP contribution < -0.4 is 25.4 Å². The Morgan fingerprint density at radius 2 is 1.59 bits per heavy atom. The Hall–Kier alpha value is -6.50. The third-order valence-electron chi connectivity index (χ3n) is 9.88. The second-order valence-corrected chi connectivity index (χ2v) is 13.5. The number of ether oxygens (including phenoxy) is 3. The Morgan fingerprint density at radius 3 is 2.35 bits per heavy atom. The largest absolute Gasteiger partial charge is 0.493 e. The zero-order chi connectivity index (χ0) is 37.9. The summed E-state index contributed by atoms with van der Waals surface area (Å²) in [5.74, 6) is -0.0891. The number of rotatable bonds is 11. The monoisotopic (exact) mass is 730 g/mol. The van der Waals surface area contributed by atoms with Gasteiger partial charge >= 0.3 is 5.97 Å². The van der Waals surface area contributed by atoms with E-state index in [1.54, 1.807) is 65.8 Å². The predicted molar refractivity (Wildman–Crippen MR) is 204 cm³/mol. The first kappa shape index (κ1) is 35.9. The SMILES string of the molecule is COC(=O)c1cc(-c2ccc(NC(=O)c3cc(NC(=O)CCCOc4cc5c(cc4OC)C(=O)N4Cc6ccccc6C[C@H]4CN5)cn3C)cc2)cn1C. The van der Waals surface area contributed by atoms with Gasteiger partial charge in [0.2, 0.25) is 5.91 Å². The van der Waals surface area contributed by atoms with Gasteiger partial charge in [-0.3, -0.25) is 14.4 Å². The molecule has 5 aromatic rings. The van der Waals surface area contributed by atoms with Gasteiger partial charge in [-0.15, -0.1) is 0 Å². The molecular weight excluding hydrogens is 688 g/mol. The Labute approximate surface area is 312 Å². The molecule has 3 N–H and O–H groups in total. The number of esters is 1. The number of fused-ring (bicyclic) bond motifs is 3. The molecule has 54 heavy (non-hydrogen) atoms. The van der Waals surface area contributed by atoms with E-state index >= 15 is 0 Å². The average molecular weight is 731 g/mol. The molecule has 2 aliphatic heterocycles. The molecule has 0 saturated carbocycles. The fourth-order valence-electron chi connectivity index (χ4n) is 7.01. The number of carbonyl (C=O) groups excluding carboxylic acids is 4. The number of hydrogen-bond donors (Lipinski definition) is 3. The van der Waals surface area contributed by atoms with Crippen LogP contribution in [0.5, 0.6) is 11.5 Å². The fraction of sp³-hybridized carbons (Fsp3) is 0.268. The third-order valence-corrected chi connectivity index (χ3v) is 9.88. The predicted octanol–water partition coefficient (Wildman–Crippen LogP) is 5.87. The Bertz CT molecular complexity index is 2240. The topological polar surface area (TPSA) is 145 Å². The van der Waals surface area contributed by atoms with Crippen LogP contribution in [0, 0.1) is 0 Å². The maximum Gasteiger partial charge on any atom is 0.354 e. The van der Waals surface area contributed by atoms with Crippen molar-refractivity contribution in [2.45, 2.75) is 31.8 Å². The van der Waals surface area contributed by atoms with Crippen LogP contribution in [-0.4, -0.2) is 71.1 Å². The van der Waals surface area contributed by atoms with E-state index in [1.165, 1.54) is 25.3 Å². The number of hydrogen-bond acceptors (Lipinski definition) is 8. The van der Waals surface area contributed by atoms with Crippen molar-refractivity contribution >= 4 is 40.8 Å².